The second-order valence-corrected chi connectivity index (χ2v) is 3.34. The van der Waals surface area contributed by atoms with E-state index in [0.29, 0.717) is 23.0 Å². The van der Waals surface area contributed by atoms with Gasteiger partial charge in [-0.05, 0) is 12.1 Å². The third-order valence-corrected chi connectivity index (χ3v) is 2.16. The van der Waals surface area contributed by atoms with Gasteiger partial charge in [-0.2, -0.15) is 9.37 Å². The standard InChI is InChI=1S/C12H10FN5/c1-3-8-6-16-12(18-11(8)14-2)17-9-4-5-10(13)15-7-9/h1,4-7H,2H3,(H2,14,16,17,18). The zero-order valence-corrected chi connectivity index (χ0v) is 9.61. The fourth-order valence-corrected chi connectivity index (χ4v) is 1.32. The molecule has 0 saturated carbocycles. The number of hydrogen-bond donors (Lipinski definition) is 2. The highest BCUT2D eigenvalue weighted by Gasteiger charge is 2.04. The van der Waals surface area contributed by atoms with Gasteiger partial charge in [-0.1, -0.05) is 5.92 Å². The molecule has 0 atom stereocenters. The van der Waals surface area contributed by atoms with Gasteiger partial charge in [-0.25, -0.2) is 9.97 Å². The first-order chi connectivity index (χ1) is 8.72. The Morgan fingerprint density at radius 3 is 2.72 bits per heavy atom. The highest BCUT2D eigenvalue weighted by Crippen LogP contribution is 2.15. The van der Waals surface area contributed by atoms with Gasteiger partial charge >= 0.3 is 0 Å². The van der Waals surface area contributed by atoms with E-state index in [1.165, 1.54) is 18.5 Å². The second kappa shape index (κ2) is 5.10. The lowest BCUT2D eigenvalue weighted by molar-refractivity contribution is 0.584. The molecule has 0 aromatic carbocycles. The molecule has 0 radical (unpaired) electrons. The number of hydrogen-bond acceptors (Lipinski definition) is 5. The number of aromatic nitrogens is 3. The Morgan fingerprint density at radius 1 is 1.28 bits per heavy atom. The molecule has 18 heavy (non-hydrogen) atoms. The van der Waals surface area contributed by atoms with Crippen molar-refractivity contribution >= 4 is 17.5 Å². The normalized spacial score (nSPS) is 9.61. The maximum Gasteiger partial charge on any atom is 0.229 e. The van der Waals surface area contributed by atoms with Crippen molar-refractivity contribution < 1.29 is 4.39 Å². The fraction of sp³-hybridized carbons (Fsp3) is 0.0833. The molecule has 2 N–H and O–H groups in total. The van der Waals surface area contributed by atoms with E-state index in [1.807, 2.05) is 0 Å². The molecule has 0 saturated heterocycles. The number of rotatable bonds is 3. The van der Waals surface area contributed by atoms with Gasteiger partial charge in [0, 0.05) is 7.05 Å². The molecule has 2 aromatic rings. The lowest BCUT2D eigenvalue weighted by atomic mass is 10.3. The van der Waals surface area contributed by atoms with Gasteiger partial charge in [0.2, 0.25) is 11.9 Å². The van der Waals surface area contributed by atoms with Crippen molar-refractivity contribution in [3.05, 3.63) is 36.0 Å². The van der Waals surface area contributed by atoms with E-state index >= 15 is 0 Å². The third-order valence-electron chi connectivity index (χ3n) is 2.16. The summed E-state index contributed by atoms with van der Waals surface area (Å²) >= 11 is 0. The molecule has 0 aliphatic rings. The number of terminal acetylenes is 1. The van der Waals surface area contributed by atoms with Crippen LogP contribution >= 0.6 is 0 Å². The molecule has 90 valence electrons. The highest BCUT2D eigenvalue weighted by molar-refractivity contribution is 5.58. The number of halogens is 1. The molecule has 2 rings (SSSR count). The van der Waals surface area contributed by atoms with Crippen LogP contribution < -0.4 is 10.6 Å². The Labute approximate surface area is 104 Å². The minimum atomic E-state index is -0.542. The van der Waals surface area contributed by atoms with Crippen LogP contribution in [-0.2, 0) is 0 Å². The largest absolute Gasteiger partial charge is 0.372 e. The smallest absolute Gasteiger partial charge is 0.229 e. The lowest BCUT2D eigenvalue weighted by Crippen LogP contribution is -2.03. The van der Waals surface area contributed by atoms with E-state index in [0.717, 1.165) is 0 Å². The van der Waals surface area contributed by atoms with Crippen LogP contribution in [0.3, 0.4) is 0 Å². The maximum absolute atomic E-state index is 12.6. The summed E-state index contributed by atoms with van der Waals surface area (Å²) in [6.07, 6.45) is 8.18. The number of pyridine rings is 1. The van der Waals surface area contributed by atoms with Crippen molar-refractivity contribution in [2.75, 3.05) is 17.7 Å². The Morgan fingerprint density at radius 2 is 2.11 bits per heavy atom. The summed E-state index contributed by atoms with van der Waals surface area (Å²) in [5.74, 6) is 2.83. The summed E-state index contributed by atoms with van der Waals surface area (Å²) in [6.45, 7) is 0. The third kappa shape index (κ3) is 2.52. The lowest BCUT2D eigenvalue weighted by Gasteiger charge is -2.07. The zero-order chi connectivity index (χ0) is 13.0. The molecule has 0 fully saturated rings. The fourth-order valence-electron chi connectivity index (χ4n) is 1.32. The summed E-state index contributed by atoms with van der Waals surface area (Å²) in [7, 11) is 1.71. The van der Waals surface area contributed by atoms with E-state index < -0.39 is 5.95 Å². The quantitative estimate of drug-likeness (QED) is 0.635. The van der Waals surface area contributed by atoms with Crippen molar-refractivity contribution in [2.24, 2.45) is 0 Å². The van der Waals surface area contributed by atoms with Crippen LogP contribution in [0.5, 0.6) is 0 Å². The maximum atomic E-state index is 12.6. The molecular formula is C12H10FN5. The molecular weight excluding hydrogens is 233 g/mol. The SMILES string of the molecule is C#Cc1cnc(Nc2ccc(F)nc2)nc1NC. The van der Waals surface area contributed by atoms with Crippen LogP contribution in [0.25, 0.3) is 0 Å². The van der Waals surface area contributed by atoms with Crippen molar-refractivity contribution in [1.29, 1.82) is 0 Å². The Bertz CT molecular complexity index is 588. The van der Waals surface area contributed by atoms with Gasteiger partial charge in [0.25, 0.3) is 0 Å². The molecule has 0 unspecified atom stereocenters. The molecule has 5 nitrogen and oxygen atoms in total. The zero-order valence-electron chi connectivity index (χ0n) is 9.61. The van der Waals surface area contributed by atoms with E-state index in [-0.39, 0.29) is 0 Å². The van der Waals surface area contributed by atoms with Gasteiger partial charge in [-0.15, -0.1) is 6.42 Å². The minimum Gasteiger partial charge on any atom is -0.372 e. The topological polar surface area (TPSA) is 62.7 Å². The van der Waals surface area contributed by atoms with E-state index in [4.69, 9.17) is 6.42 Å². The van der Waals surface area contributed by atoms with Gasteiger partial charge in [0.05, 0.1) is 23.6 Å². The van der Waals surface area contributed by atoms with Crippen LogP contribution in [0.15, 0.2) is 24.5 Å². The summed E-state index contributed by atoms with van der Waals surface area (Å²) in [5.41, 5.74) is 1.16. The van der Waals surface area contributed by atoms with E-state index in [2.05, 4.69) is 31.5 Å². The molecule has 6 heteroatoms. The summed E-state index contributed by atoms with van der Waals surface area (Å²) in [5, 5.41) is 5.77. The Hall–Kier alpha value is -2.68. The Balaban J connectivity index is 2.25. The molecule has 0 bridgehead atoms. The molecule has 0 aliphatic carbocycles. The Kier molecular flexibility index (Phi) is 3.34. The molecule has 2 heterocycles. The van der Waals surface area contributed by atoms with Gasteiger partial charge < -0.3 is 10.6 Å². The van der Waals surface area contributed by atoms with Crippen LogP contribution in [0.1, 0.15) is 5.56 Å². The summed E-state index contributed by atoms with van der Waals surface area (Å²) < 4.78 is 12.6. The predicted octanol–water partition coefficient (Wildman–Crippen LogP) is 1.78. The van der Waals surface area contributed by atoms with Crippen LogP contribution in [-0.4, -0.2) is 22.0 Å². The van der Waals surface area contributed by atoms with Gasteiger partial charge in [0.15, 0.2) is 0 Å². The summed E-state index contributed by atoms with van der Waals surface area (Å²) in [6, 6.07) is 2.79. The van der Waals surface area contributed by atoms with Crippen molar-refractivity contribution in [1.82, 2.24) is 15.0 Å². The first-order valence-electron chi connectivity index (χ1n) is 5.13. The summed E-state index contributed by atoms with van der Waals surface area (Å²) in [4.78, 5) is 11.8. The van der Waals surface area contributed by atoms with Crippen molar-refractivity contribution in [3.63, 3.8) is 0 Å². The van der Waals surface area contributed by atoms with Gasteiger partial charge in [0.1, 0.15) is 5.82 Å². The first kappa shape index (κ1) is 11.8. The number of nitrogens with zero attached hydrogens (tertiary/aromatic N) is 3. The molecule has 0 aliphatic heterocycles. The van der Waals surface area contributed by atoms with E-state index in [1.54, 1.807) is 13.1 Å². The average molecular weight is 243 g/mol. The van der Waals surface area contributed by atoms with Crippen molar-refractivity contribution in [2.45, 2.75) is 0 Å². The second-order valence-electron chi connectivity index (χ2n) is 3.34. The monoisotopic (exact) mass is 243 g/mol. The van der Waals surface area contributed by atoms with Gasteiger partial charge in [-0.3, -0.25) is 0 Å². The number of nitrogens with one attached hydrogen (secondary N) is 2. The molecule has 0 amide bonds. The van der Waals surface area contributed by atoms with Crippen LogP contribution in [0.4, 0.5) is 21.8 Å². The number of anilines is 3. The highest BCUT2D eigenvalue weighted by atomic mass is 19.1. The predicted molar refractivity (Wildman–Crippen MR) is 67.0 cm³/mol. The van der Waals surface area contributed by atoms with Crippen LogP contribution in [0, 0.1) is 18.3 Å². The molecule has 0 spiro atoms. The average Bonchev–Trinajstić information content (AvgIpc) is 2.41. The molecule has 2 aromatic heterocycles. The van der Waals surface area contributed by atoms with E-state index in [9.17, 15) is 4.39 Å². The van der Waals surface area contributed by atoms with Crippen molar-refractivity contribution in [3.8, 4) is 12.3 Å². The minimum absolute atomic E-state index is 0.353. The first-order valence-corrected chi connectivity index (χ1v) is 5.13. The van der Waals surface area contributed by atoms with Crippen LogP contribution in [0.2, 0.25) is 0 Å².